The lowest BCUT2D eigenvalue weighted by Gasteiger charge is -2.18. The van der Waals surface area contributed by atoms with E-state index in [1.165, 1.54) is 35.2 Å². The van der Waals surface area contributed by atoms with Crippen molar-refractivity contribution in [1.82, 2.24) is 0 Å². The molecule has 0 saturated carbocycles. The smallest absolute Gasteiger partial charge is 0.387 e. The second-order valence-corrected chi connectivity index (χ2v) is 9.65. The number of amidine groups is 1. The number of halogens is 4. The number of carbonyl (C=O) groups excluding carboxylic acids is 2. The number of Topliss-reactive ketones (excluding diaryl/α,β-unsaturated/α-hetero) is 1. The average molecular weight is 561 g/mol. The fourth-order valence-corrected chi connectivity index (χ4v) is 4.87. The Kier molecular flexibility index (Phi) is 8.63. The molecular weight excluding hydrogens is 541 g/mol. The van der Waals surface area contributed by atoms with E-state index in [2.05, 4.69) is 9.73 Å². The van der Waals surface area contributed by atoms with Crippen LogP contribution in [0.25, 0.3) is 6.08 Å². The van der Waals surface area contributed by atoms with Crippen molar-refractivity contribution in [1.29, 1.82) is 0 Å². The number of carbonyl (C=O) groups is 2. The molecule has 0 spiro atoms. The van der Waals surface area contributed by atoms with Crippen LogP contribution in [0.5, 0.6) is 5.75 Å². The molecule has 0 unspecified atom stereocenters. The highest BCUT2D eigenvalue weighted by Gasteiger charge is 2.32. The van der Waals surface area contributed by atoms with E-state index >= 15 is 0 Å². The molecule has 190 valence electrons. The van der Waals surface area contributed by atoms with Gasteiger partial charge in [0.1, 0.15) is 11.4 Å². The Morgan fingerprint density at radius 1 is 1.08 bits per heavy atom. The molecule has 10 heteroatoms. The zero-order valence-electron chi connectivity index (χ0n) is 19.5. The highest BCUT2D eigenvalue weighted by atomic mass is 35.5. The van der Waals surface area contributed by atoms with E-state index in [1.807, 2.05) is 19.1 Å². The molecule has 1 aliphatic rings. The fourth-order valence-electron chi connectivity index (χ4n) is 3.50. The molecule has 0 aliphatic carbocycles. The number of ketones is 1. The second kappa shape index (κ2) is 11.9. The molecule has 1 amide bonds. The summed E-state index contributed by atoms with van der Waals surface area (Å²) in [6.45, 7) is -0.937. The van der Waals surface area contributed by atoms with Gasteiger partial charge in [-0.1, -0.05) is 72.2 Å². The van der Waals surface area contributed by atoms with Gasteiger partial charge in [0, 0.05) is 15.6 Å². The summed E-state index contributed by atoms with van der Waals surface area (Å²) in [5.41, 5.74) is 2.69. The summed E-state index contributed by atoms with van der Waals surface area (Å²) in [5, 5.41) is 1.06. The van der Waals surface area contributed by atoms with Gasteiger partial charge in [-0.25, -0.2) is 4.99 Å². The van der Waals surface area contributed by atoms with Crippen LogP contribution in [0.1, 0.15) is 28.4 Å². The fraction of sp³-hybridized carbons (Fsp3) is 0.148. The first-order valence-corrected chi connectivity index (χ1v) is 12.9. The van der Waals surface area contributed by atoms with Crippen molar-refractivity contribution in [2.75, 3.05) is 10.7 Å². The molecule has 0 saturated heterocycles. The van der Waals surface area contributed by atoms with E-state index in [1.54, 1.807) is 30.3 Å². The predicted octanol–water partition coefficient (Wildman–Crippen LogP) is 7.52. The Balaban J connectivity index is 1.62. The van der Waals surface area contributed by atoms with Crippen molar-refractivity contribution < 1.29 is 23.1 Å². The van der Waals surface area contributed by atoms with Crippen LogP contribution in [-0.4, -0.2) is 29.2 Å². The molecule has 5 nitrogen and oxygen atoms in total. The van der Waals surface area contributed by atoms with Gasteiger partial charge in [-0.15, -0.1) is 0 Å². The highest BCUT2D eigenvalue weighted by Crippen LogP contribution is 2.32. The Labute approximate surface area is 226 Å². The molecule has 0 bridgehead atoms. The van der Waals surface area contributed by atoms with Crippen LogP contribution in [0.15, 0.2) is 77.4 Å². The molecule has 1 aliphatic heterocycles. The summed E-state index contributed by atoms with van der Waals surface area (Å²) in [6, 6.07) is 17.8. The Morgan fingerprint density at radius 2 is 1.78 bits per heavy atom. The molecule has 1 heterocycles. The van der Waals surface area contributed by atoms with Gasteiger partial charge in [0.2, 0.25) is 0 Å². The van der Waals surface area contributed by atoms with E-state index in [9.17, 15) is 18.4 Å². The molecule has 4 rings (SSSR count). The Morgan fingerprint density at radius 3 is 2.41 bits per heavy atom. The van der Waals surface area contributed by atoms with Gasteiger partial charge in [0.15, 0.2) is 11.0 Å². The van der Waals surface area contributed by atoms with Crippen LogP contribution in [-0.2, 0) is 11.2 Å². The van der Waals surface area contributed by atoms with Crippen molar-refractivity contribution in [3.63, 3.8) is 0 Å². The van der Waals surface area contributed by atoms with Gasteiger partial charge in [-0.05, 0) is 60.0 Å². The number of nitrogens with zero attached hydrogens (tertiary/aromatic N) is 2. The number of thioether (sulfide) groups is 1. The van der Waals surface area contributed by atoms with Gasteiger partial charge in [0.25, 0.3) is 5.91 Å². The van der Waals surface area contributed by atoms with Crippen LogP contribution >= 0.6 is 35.0 Å². The van der Waals surface area contributed by atoms with Crippen molar-refractivity contribution in [2.45, 2.75) is 20.0 Å². The molecule has 0 aromatic heterocycles. The number of anilines is 1. The zero-order valence-corrected chi connectivity index (χ0v) is 21.8. The number of aliphatic imine (C=N–C) groups is 1. The van der Waals surface area contributed by atoms with Crippen molar-refractivity contribution in [2.24, 2.45) is 4.99 Å². The minimum Gasteiger partial charge on any atom is -0.435 e. The van der Waals surface area contributed by atoms with Gasteiger partial charge in [-0.2, -0.15) is 8.78 Å². The van der Waals surface area contributed by atoms with Crippen LogP contribution in [0.3, 0.4) is 0 Å². The van der Waals surface area contributed by atoms with Crippen LogP contribution in [0.2, 0.25) is 10.0 Å². The lowest BCUT2D eigenvalue weighted by Crippen LogP contribution is -2.30. The molecule has 0 N–H and O–H groups in total. The maximum Gasteiger partial charge on any atom is 0.387 e. The monoisotopic (exact) mass is 560 g/mol. The summed E-state index contributed by atoms with van der Waals surface area (Å²) in [5.74, 6) is -0.598. The number of benzene rings is 3. The summed E-state index contributed by atoms with van der Waals surface area (Å²) in [6.07, 6.45) is 2.39. The zero-order chi connectivity index (χ0) is 26.5. The van der Waals surface area contributed by atoms with Gasteiger partial charge in [0.05, 0.1) is 11.4 Å². The first kappa shape index (κ1) is 26.9. The first-order valence-electron chi connectivity index (χ1n) is 11.1. The highest BCUT2D eigenvalue weighted by molar-refractivity contribution is 8.14. The first-order chi connectivity index (χ1) is 17.7. The van der Waals surface area contributed by atoms with Crippen molar-refractivity contribution in [3.05, 3.63) is 99.2 Å². The summed E-state index contributed by atoms with van der Waals surface area (Å²) < 4.78 is 29.5. The number of ether oxygens (including phenoxy) is 1. The summed E-state index contributed by atoms with van der Waals surface area (Å²) in [7, 11) is 0. The third-order valence-electron chi connectivity index (χ3n) is 5.42. The lowest BCUT2D eigenvalue weighted by molar-refractivity contribution is -0.113. The minimum atomic E-state index is -2.97. The van der Waals surface area contributed by atoms with Crippen LogP contribution in [0.4, 0.5) is 14.5 Å². The van der Waals surface area contributed by atoms with Gasteiger partial charge >= 0.3 is 6.61 Å². The Bertz CT molecular complexity index is 1380. The van der Waals surface area contributed by atoms with E-state index in [-0.39, 0.29) is 28.2 Å². The third kappa shape index (κ3) is 6.57. The number of hydrogen-bond acceptors (Lipinski definition) is 5. The molecule has 37 heavy (non-hydrogen) atoms. The number of alkyl halides is 2. The normalized spacial score (nSPS) is 14.4. The maximum absolute atomic E-state index is 13.4. The standard InChI is InChI=1S/C27H20Cl2F2N2O3S/c1-2-16-3-5-17(6-4-16)24(34)15-37-27-32-23(13-18-7-8-19(28)14-22(18)29)25(35)33(27)20-9-11-21(12-10-20)36-26(30)31/h3-14,26H,2,15H2,1H3/b23-13-. The maximum atomic E-state index is 13.4. The van der Waals surface area contributed by atoms with E-state index in [0.717, 1.165) is 23.7 Å². The molecule has 0 radical (unpaired) electrons. The van der Waals surface area contributed by atoms with E-state index < -0.39 is 12.5 Å². The number of rotatable bonds is 8. The third-order valence-corrected chi connectivity index (χ3v) is 6.92. The van der Waals surface area contributed by atoms with E-state index in [4.69, 9.17) is 23.2 Å². The molecule has 0 atom stereocenters. The molecule has 3 aromatic rings. The van der Waals surface area contributed by atoms with Crippen molar-refractivity contribution in [3.8, 4) is 5.75 Å². The number of aryl methyl sites for hydroxylation is 1. The topological polar surface area (TPSA) is 59.0 Å². The molecular formula is C27H20Cl2F2N2O3S. The second-order valence-electron chi connectivity index (χ2n) is 7.87. The Hall–Kier alpha value is -3.20. The van der Waals surface area contributed by atoms with Crippen molar-refractivity contribution >= 4 is 63.6 Å². The number of hydrogen-bond donors (Lipinski definition) is 0. The van der Waals surface area contributed by atoms with Crippen LogP contribution < -0.4 is 9.64 Å². The van der Waals surface area contributed by atoms with Gasteiger partial charge in [-0.3, -0.25) is 14.5 Å². The quantitative estimate of drug-likeness (QED) is 0.211. The van der Waals surface area contributed by atoms with Gasteiger partial charge < -0.3 is 4.74 Å². The van der Waals surface area contributed by atoms with Crippen LogP contribution in [0, 0.1) is 0 Å². The van der Waals surface area contributed by atoms with E-state index in [0.29, 0.717) is 26.9 Å². The SMILES string of the molecule is CCc1ccc(C(=O)CSC2=N/C(=C\c3ccc(Cl)cc3Cl)C(=O)N2c2ccc(OC(F)F)cc2)cc1. The molecule has 0 fully saturated rings. The minimum absolute atomic E-state index is 0.0373. The summed E-state index contributed by atoms with van der Waals surface area (Å²) >= 11 is 13.3. The molecule has 3 aromatic carbocycles. The largest absolute Gasteiger partial charge is 0.435 e. The lowest BCUT2D eigenvalue weighted by atomic mass is 10.1. The summed E-state index contributed by atoms with van der Waals surface area (Å²) in [4.78, 5) is 32.0. The average Bonchev–Trinajstić information content (AvgIpc) is 3.19. The number of amides is 1. The predicted molar refractivity (Wildman–Crippen MR) is 145 cm³/mol.